The minimum atomic E-state index is 0.601. The van der Waals surface area contributed by atoms with Crippen LogP contribution in [0.2, 0.25) is 0 Å². The molecule has 2 aromatic rings. The summed E-state index contributed by atoms with van der Waals surface area (Å²) in [7, 11) is 1.99. The molecule has 0 bridgehead atoms. The summed E-state index contributed by atoms with van der Waals surface area (Å²) in [6.07, 6.45) is 2.46. The van der Waals surface area contributed by atoms with Crippen LogP contribution in [0.1, 0.15) is 31.5 Å². The molecule has 2 N–H and O–H groups in total. The third-order valence-corrected chi connectivity index (χ3v) is 3.56. The number of imidazole rings is 1. The summed E-state index contributed by atoms with van der Waals surface area (Å²) in [5, 5.41) is 0. The highest BCUT2D eigenvalue weighted by Gasteiger charge is 2.29. The Morgan fingerprint density at radius 1 is 1.32 bits per heavy atom. The number of anilines is 1. The molecule has 0 aliphatic heterocycles. The van der Waals surface area contributed by atoms with Gasteiger partial charge in [-0.2, -0.15) is 0 Å². The van der Waals surface area contributed by atoms with E-state index in [1.807, 2.05) is 42.8 Å². The van der Waals surface area contributed by atoms with Crippen LogP contribution in [-0.4, -0.2) is 16.2 Å². The van der Waals surface area contributed by atoms with Crippen LogP contribution in [0.4, 0.5) is 5.82 Å². The van der Waals surface area contributed by atoms with Crippen LogP contribution in [0.25, 0.3) is 11.3 Å². The number of ether oxygens (including phenoxy) is 1. The molecule has 0 radical (unpaired) electrons. The van der Waals surface area contributed by atoms with Crippen molar-refractivity contribution in [2.75, 3.05) is 12.3 Å². The van der Waals surface area contributed by atoms with Crippen molar-refractivity contribution in [3.63, 3.8) is 0 Å². The summed E-state index contributed by atoms with van der Waals surface area (Å²) in [5.74, 6) is 3.33. The van der Waals surface area contributed by atoms with E-state index < -0.39 is 0 Å². The maximum Gasteiger partial charge on any atom is 0.131 e. The predicted molar refractivity (Wildman–Crippen MR) is 76.2 cm³/mol. The van der Waals surface area contributed by atoms with Gasteiger partial charge in [-0.25, -0.2) is 4.98 Å². The van der Waals surface area contributed by atoms with Gasteiger partial charge in [-0.05, 0) is 44.0 Å². The minimum absolute atomic E-state index is 0.601. The second-order valence-corrected chi connectivity index (χ2v) is 4.99. The predicted octanol–water partition coefficient (Wildman–Crippen LogP) is 2.95. The maximum atomic E-state index is 6.17. The van der Waals surface area contributed by atoms with Crippen LogP contribution in [0.5, 0.6) is 5.75 Å². The first-order chi connectivity index (χ1) is 9.20. The Hall–Kier alpha value is -1.97. The zero-order valence-corrected chi connectivity index (χ0v) is 11.4. The van der Waals surface area contributed by atoms with Crippen molar-refractivity contribution in [2.24, 2.45) is 7.05 Å². The molecule has 1 aromatic carbocycles. The normalized spacial score (nSPS) is 14.6. The summed E-state index contributed by atoms with van der Waals surface area (Å²) in [6, 6.07) is 7.95. The van der Waals surface area contributed by atoms with E-state index in [-0.39, 0.29) is 0 Å². The van der Waals surface area contributed by atoms with E-state index >= 15 is 0 Å². The lowest BCUT2D eigenvalue weighted by molar-refractivity contribution is 0.340. The zero-order chi connectivity index (χ0) is 13.4. The molecule has 0 spiro atoms. The average Bonchev–Trinajstić information content (AvgIpc) is 3.21. The number of nitrogen functional groups attached to an aromatic ring is 1. The summed E-state index contributed by atoms with van der Waals surface area (Å²) >= 11 is 0. The van der Waals surface area contributed by atoms with E-state index in [0.29, 0.717) is 12.5 Å². The molecule has 0 amide bonds. The minimum Gasteiger partial charge on any atom is -0.494 e. The lowest BCUT2D eigenvalue weighted by atomic mass is 10.1. The van der Waals surface area contributed by atoms with E-state index in [2.05, 4.69) is 0 Å². The second kappa shape index (κ2) is 4.61. The third-order valence-electron chi connectivity index (χ3n) is 3.56. The zero-order valence-electron chi connectivity index (χ0n) is 11.4. The molecule has 4 heteroatoms. The highest BCUT2D eigenvalue weighted by Crippen LogP contribution is 2.41. The van der Waals surface area contributed by atoms with Gasteiger partial charge in [0.15, 0.2) is 0 Å². The molecule has 1 saturated carbocycles. The Labute approximate surface area is 113 Å². The number of nitrogens with zero attached hydrogens (tertiary/aromatic N) is 2. The first-order valence-corrected chi connectivity index (χ1v) is 6.76. The van der Waals surface area contributed by atoms with Gasteiger partial charge in [0.1, 0.15) is 23.1 Å². The Balaban J connectivity index is 1.94. The van der Waals surface area contributed by atoms with Crippen LogP contribution in [0.15, 0.2) is 24.3 Å². The molecule has 100 valence electrons. The number of rotatable bonds is 4. The smallest absolute Gasteiger partial charge is 0.131 e. The monoisotopic (exact) mass is 257 g/mol. The van der Waals surface area contributed by atoms with Crippen molar-refractivity contribution >= 4 is 5.82 Å². The molecule has 1 fully saturated rings. The van der Waals surface area contributed by atoms with E-state index in [0.717, 1.165) is 28.6 Å². The first kappa shape index (κ1) is 12.1. The number of benzene rings is 1. The van der Waals surface area contributed by atoms with Gasteiger partial charge in [-0.1, -0.05) is 0 Å². The van der Waals surface area contributed by atoms with Crippen LogP contribution >= 0.6 is 0 Å². The molecule has 1 aliphatic carbocycles. The van der Waals surface area contributed by atoms with Gasteiger partial charge in [0.05, 0.1) is 6.61 Å². The second-order valence-electron chi connectivity index (χ2n) is 4.99. The molecule has 4 nitrogen and oxygen atoms in total. The Kier molecular flexibility index (Phi) is 2.93. The molecular weight excluding hydrogens is 238 g/mol. The standard InChI is InChI=1S/C15H19N3O/c1-3-19-12-8-6-10(7-9-12)13-14(16)18(2)15(17-13)11-4-5-11/h6-9,11H,3-5,16H2,1-2H3. The van der Waals surface area contributed by atoms with Crippen LogP contribution in [0, 0.1) is 0 Å². The molecule has 19 heavy (non-hydrogen) atoms. The lowest BCUT2D eigenvalue weighted by Gasteiger charge is -2.04. The highest BCUT2D eigenvalue weighted by atomic mass is 16.5. The van der Waals surface area contributed by atoms with Crippen molar-refractivity contribution < 1.29 is 4.74 Å². The van der Waals surface area contributed by atoms with Gasteiger partial charge in [0, 0.05) is 18.5 Å². The van der Waals surface area contributed by atoms with Crippen molar-refractivity contribution in [1.29, 1.82) is 0 Å². The Morgan fingerprint density at radius 2 is 2.00 bits per heavy atom. The van der Waals surface area contributed by atoms with Crippen molar-refractivity contribution in [3.8, 4) is 17.0 Å². The molecular formula is C15H19N3O. The highest BCUT2D eigenvalue weighted by molar-refractivity contribution is 5.71. The molecule has 1 heterocycles. The van der Waals surface area contributed by atoms with Gasteiger partial charge in [0.25, 0.3) is 0 Å². The van der Waals surface area contributed by atoms with Gasteiger partial charge in [0.2, 0.25) is 0 Å². The third kappa shape index (κ3) is 2.18. The Bertz CT molecular complexity index is 582. The van der Waals surface area contributed by atoms with Gasteiger partial charge < -0.3 is 15.0 Å². The van der Waals surface area contributed by atoms with Crippen LogP contribution in [-0.2, 0) is 7.05 Å². The van der Waals surface area contributed by atoms with E-state index in [9.17, 15) is 0 Å². The van der Waals surface area contributed by atoms with Crippen molar-refractivity contribution in [2.45, 2.75) is 25.7 Å². The van der Waals surface area contributed by atoms with Gasteiger partial charge >= 0.3 is 0 Å². The number of hydrogen-bond donors (Lipinski definition) is 1. The molecule has 3 rings (SSSR count). The fourth-order valence-electron chi connectivity index (χ4n) is 2.32. The van der Waals surface area contributed by atoms with Crippen molar-refractivity contribution in [1.82, 2.24) is 9.55 Å². The van der Waals surface area contributed by atoms with Gasteiger partial charge in [-0.15, -0.1) is 0 Å². The van der Waals surface area contributed by atoms with Gasteiger partial charge in [-0.3, -0.25) is 0 Å². The Morgan fingerprint density at radius 3 is 2.58 bits per heavy atom. The first-order valence-electron chi connectivity index (χ1n) is 6.76. The maximum absolute atomic E-state index is 6.17. The summed E-state index contributed by atoms with van der Waals surface area (Å²) < 4.78 is 7.46. The number of nitrogens with two attached hydrogens (primary N) is 1. The number of aromatic nitrogens is 2. The fourth-order valence-corrected chi connectivity index (χ4v) is 2.32. The summed E-state index contributed by atoms with van der Waals surface area (Å²) in [6.45, 7) is 2.66. The van der Waals surface area contributed by atoms with E-state index in [1.54, 1.807) is 0 Å². The topological polar surface area (TPSA) is 53.1 Å². The average molecular weight is 257 g/mol. The quantitative estimate of drug-likeness (QED) is 0.916. The van der Waals surface area contributed by atoms with E-state index in [4.69, 9.17) is 15.5 Å². The van der Waals surface area contributed by atoms with E-state index in [1.165, 1.54) is 12.8 Å². The molecule has 0 atom stereocenters. The largest absolute Gasteiger partial charge is 0.494 e. The van der Waals surface area contributed by atoms with Crippen LogP contribution in [0.3, 0.4) is 0 Å². The lowest BCUT2D eigenvalue weighted by Crippen LogP contribution is -2.00. The fraction of sp³-hybridized carbons (Fsp3) is 0.400. The summed E-state index contributed by atoms with van der Waals surface area (Å²) in [5.41, 5.74) is 8.09. The number of hydrogen-bond acceptors (Lipinski definition) is 3. The molecule has 0 unspecified atom stereocenters. The SMILES string of the molecule is CCOc1ccc(-c2nc(C3CC3)n(C)c2N)cc1. The summed E-state index contributed by atoms with van der Waals surface area (Å²) in [4.78, 5) is 4.71. The molecule has 1 aromatic heterocycles. The van der Waals surface area contributed by atoms with Crippen LogP contribution < -0.4 is 10.5 Å². The van der Waals surface area contributed by atoms with Crippen molar-refractivity contribution in [3.05, 3.63) is 30.1 Å². The molecule has 0 saturated heterocycles. The molecule has 1 aliphatic rings.